The number of aromatic nitrogens is 2. The van der Waals surface area contributed by atoms with Crippen molar-refractivity contribution in [3.63, 3.8) is 0 Å². The summed E-state index contributed by atoms with van der Waals surface area (Å²) in [6.07, 6.45) is 30.0. The van der Waals surface area contributed by atoms with Crippen LogP contribution in [0.25, 0.3) is 0 Å². The summed E-state index contributed by atoms with van der Waals surface area (Å²) in [7, 11) is 0. The number of nitrogens with one attached hydrogen (secondary N) is 4. The van der Waals surface area contributed by atoms with Crippen LogP contribution in [0.3, 0.4) is 0 Å². The van der Waals surface area contributed by atoms with Crippen LogP contribution in [0, 0.1) is 10.8 Å². The van der Waals surface area contributed by atoms with E-state index in [2.05, 4.69) is 35.9 Å². The smallest absolute Gasteiger partial charge is 0.0597 e. The lowest BCUT2D eigenvalue weighted by Gasteiger charge is -2.01. The lowest BCUT2D eigenvalue weighted by atomic mass is 10.0. The van der Waals surface area contributed by atoms with Gasteiger partial charge in [-0.1, -0.05) is 117 Å². The monoisotopic (exact) mass is 508 g/mol. The number of unbranched alkanes of at least 4 members (excludes halogenated alkanes) is 16. The first-order valence-corrected chi connectivity index (χ1v) is 15.6. The Balaban J connectivity index is 1.74. The average Bonchev–Trinajstić information content (AvgIpc) is 3.49. The fraction of sp³-hybridized carbons (Fsp3) is 0.697. The van der Waals surface area contributed by atoms with Gasteiger partial charge in [-0.25, -0.2) is 0 Å². The molecule has 0 bridgehead atoms. The summed E-state index contributed by atoms with van der Waals surface area (Å²) in [6, 6.07) is 4.51. The van der Waals surface area contributed by atoms with E-state index in [4.69, 9.17) is 10.8 Å². The van der Waals surface area contributed by atoms with E-state index in [1.54, 1.807) is 0 Å². The fourth-order valence-corrected chi connectivity index (χ4v) is 5.43. The molecule has 0 saturated carbocycles. The van der Waals surface area contributed by atoms with E-state index in [1.807, 2.05) is 0 Å². The first-order chi connectivity index (χ1) is 18.2. The Morgan fingerprint density at radius 3 is 1.16 bits per heavy atom. The van der Waals surface area contributed by atoms with Crippen molar-refractivity contribution in [2.75, 3.05) is 0 Å². The van der Waals surface area contributed by atoms with Gasteiger partial charge in [0.05, 0.1) is 11.4 Å². The van der Waals surface area contributed by atoms with E-state index in [-0.39, 0.29) is 0 Å². The molecule has 2 aromatic rings. The average molecular weight is 509 g/mol. The molecule has 2 heterocycles. The van der Waals surface area contributed by atoms with E-state index >= 15 is 0 Å². The summed E-state index contributed by atoms with van der Waals surface area (Å²) in [5.41, 5.74) is 6.69. The van der Waals surface area contributed by atoms with Crippen LogP contribution in [-0.2, 0) is 19.3 Å². The maximum atomic E-state index is 7.89. The van der Waals surface area contributed by atoms with Crippen LogP contribution in [0.15, 0.2) is 12.1 Å². The molecular formula is C33H56N4. The van der Waals surface area contributed by atoms with Crippen LogP contribution >= 0.6 is 0 Å². The number of aryl methyl sites for hydroxylation is 2. The van der Waals surface area contributed by atoms with Gasteiger partial charge in [-0.3, -0.25) is 0 Å². The fourth-order valence-electron chi connectivity index (χ4n) is 5.43. The van der Waals surface area contributed by atoms with Crippen molar-refractivity contribution in [3.05, 3.63) is 46.0 Å². The number of hydrogen-bond donors (Lipinski definition) is 4. The van der Waals surface area contributed by atoms with E-state index in [0.29, 0.717) is 0 Å². The summed E-state index contributed by atoms with van der Waals surface area (Å²) < 4.78 is 0. The van der Waals surface area contributed by atoms with E-state index in [9.17, 15) is 0 Å². The lowest BCUT2D eigenvalue weighted by molar-refractivity contribution is 0.564. The maximum absolute atomic E-state index is 7.89. The highest BCUT2D eigenvalue weighted by Gasteiger charge is 2.12. The lowest BCUT2D eigenvalue weighted by Crippen LogP contribution is -1.94. The molecule has 0 fully saturated rings. The third-order valence-corrected chi connectivity index (χ3v) is 7.75. The molecule has 0 unspecified atom stereocenters. The largest absolute Gasteiger partial charge is 0.357 e. The van der Waals surface area contributed by atoms with Crippen molar-refractivity contribution >= 4 is 12.4 Å². The zero-order chi connectivity index (χ0) is 26.6. The Kier molecular flexibility index (Phi) is 16.8. The van der Waals surface area contributed by atoms with Crippen molar-refractivity contribution in [2.45, 2.75) is 149 Å². The molecule has 0 radical (unpaired) electrons. The summed E-state index contributed by atoms with van der Waals surface area (Å²) in [5.74, 6) is 0. The van der Waals surface area contributed by atoms with Gasteiger partial charge < -0.3 is 20.8 Å². The molecule has 0 aliphatic heterocycles. The topological polar surface area (TPSA) is 79.3 Å². The number of aromatic amines is 2. The zero-order valence-corrected chi connectivity index (χ0v) is 24.2. The molecule has 37 heavy (non-hydrogen) atoms. The van der Waals surface area contributed by atoms with Crippen molar-refractivity contribution in [3.8, 4) is 0 Å². The van der Waals surface area contributed by atoms with Gasteiger partial charge in [0.2, 0.25) is 0 Å². The first kappa shape index (κ1) is 31.1. The third-order valence-electron chi connectivity index (χ3n) is 7.75. The molecule has 0 aliphatic carbocycles. The van der Waals surface area contributed by atoms with Crippen molar-refractivity contribution in [1.29, 1.82) is 10.8 Å². The highest BCUT2D eigenvalue weighted by atomic mass is 14.7. The Morgan fingerprint density at radius 1 is 0.514 bits per heavy atom. The molecule has 2 aromatic heterocycles. The molecule has 0 atom stereocenters. The van der Waals surface area contributed by atoms with E-state index in [1.165, 1.54) is 151 Å². The standard InChI is InChI=1S/C33H56N4/c1-3-5-7-9-11-13-15-17-19-21-30-24-28(32(26-34)36-30)23-29-25-31(37-33(29)27-35)22-20-18-16-14-12-10-8-6-4-2/h24-27,34-37H,3-23H2,1-2H3. The minimum atomic E-state index is 0.776. The van der Waals surface area contributed by atoms with Crippen LogP contribution in [-0.4, -0.2) is 22.4 Å². The molecule has 0 aliphatic rings. The second-order valence-electron chi connectivity index (χ2n) is 11.1. The Morgan fingerprint density at radius 2 is 0.838 bits per heavy atom. The molecule has 2 rings (SSSR count). The van der Waals surface area contributed by atoms with Crippen LogP contribution < -0.4 is 0 Å². The second-order valence-corrected chi connectivity index (χ2v) is 11.1. The van der Waals surface area contributed by atoms with Gasteiger partial charge in [-0.05, 0) is 48.9 Å². The predicted molar refractivity (Wildman–Crippen MR) is 162 cm³/mol. The van der Waals surface area contributed by atoms with Crippen LogP contribution in [0.1, 0.15) is 163 Å². The van der Waals surface area contributed by atoms with Gasteiger partial charge in [0.15, 0.2) is 0 Å². The molecule has 0 saturated heterocycles. The zero-order valence-electron chi connectivity index (χ0n) is 24.2. The van der Waals surface area contributed by atoms with Crippen molar-refractivity contribution in [2.24, 2.45) is 0 Å². The molecule has 4 nitrogen and oxygen atoms in total. The second kappa shape index (κ2) is 19.9. The highest BCUT2D eigenvalue weighted by Crippen LogP contribution is 2.21. The van der Waals surface area contributed by atoms with E-state index < -0.39 is 0 Å². The minimum absolute atomic E-state index is 0.776. The quantitative estimate of drug-likeness (QED) is 0.0804. The van der Waals surface area contributed by atoms with Gasteiger partial charge in [0.25, 0.3) is 0 Å². The van der Waals surface area contributed by atoms with E-state index in [0.717, 1.165) is 30.7 Å². The van der Waals surface area contributed by atoms with Gasteiger partial charge in [0, 0.05) is 30.2 Å². The number of H-pyrrole nitrogens is 2. The van der Waals surface area contributed by atoms with Gasteiger partial charge in [-0.15, -0.1) is 0 Å². The maximum Gasteiger partial charge on any atom is 0.0597 e. The van der Waals surface area contributed by atoms with Gasteiger partial charge >= 0.3 is 0 Å². The third kappa shape index (κ3) is 12.8. The first-order valence-electron chi connectivity index (χ1n) is 15.6. The SMILES string of the molecule is CCCCCCCCCCCc1cc(Cc2cc(CCCCCCCCCCC)[nH]c2C=N)c(C=N)[nH]1. The Labute approximate surface area is 227 Å². The van der Waals surface area contributed by atoms with Crippen LogP contribution in [0.4, 0.5) is 0 Å². The normalized spacial score (nSPS) is 11.3. The highest BCUT2D eigenvalue weighted by molar-refractivity contribution is 5.79. The van der Waals surface area contributed by atoms with Gasteiger partial charge in [0.1, 0.15) is 0 Å². The predicted octanol–water partition coefficient (Wildman–Crippen LogP) is 10.1. The Hall–Kier alpha value is -2.10. The van der Waals surface area contributed by atoms with Gasteiger partial charge in [-0.2, -0.15) is 0 Å². The molecule has 4 heteroatoms. The van der Waals surface area contributed by atoms with Crippen LogP contribution in [0.2, 0.25) is 0 Å². The van der Waals surface area contributed by atoms with Crippen molar-refractivity contribution in [1.82, 2.24) is 9.97 Å². The molecular weight excluding hydrogens is 452 g/mol. The number of hydrogen-bond acceptors (Lipinski definition) is 2. The summed E-state index contributed by atoms with van der Waals surface area (Å²) in [4.78, 5) is 6.96. The molecule has 0 amide bonds. The number of rotatable bonds is 24. The minimum Gasteiger partial charge on any atom is -0.357 e. The van der Waals surface area contributed by atoms with Crippen LogP contribution in [0.5, 0.6) is 0 Å². The molecule has 0 aromatic carbocycles. The summed E-state index contributed by atoms with van der Waals surface area (Å²) in [5, 5.41) is 15.8. The van der Waals surface area contributed by atoms with Crippen molar-refractivity contribution < 1.29 is 0 Å². The molecule has 0 spiro atoms. The Bertz CT molecular complexity index is 790. The molecule has 4 N–H and O–H groups in total. The summed E-state index contributed by atoms with van der Waals surface area (Å²) in [6.45, 7) is 4.55. The summed E-state index contributed by atoms with van der Waals surface area (Å²) >= 11 is 0. The molecule has 208 valence electrons.